The van der Waals surface area contributed by atoms with Gasteiger partial charge in [-0.15, -0.1) is 5.10 Å². The lowest BCUT2D eigenvalue weighted by Gasteiger charge is -2.07. The van der Waals surface area contributed by atoms with Crippen LogP contribution in [-0.2, 0) is 9.59 Å². The molecule has 1 saturated heterocycles. The first-order valence-electron chi connectivity index (χ1n) is 9.12. The molecule has 1 aliphatic rings. The lowest BCUT2D eigenvalue weighted by molar-refractivity contribution is -0.385. The predicted octanol–water partition coefficient (Wildman–Crippen LogP) is 2.84. The highest BCUT2D eigenvalue weighted by atomic mass is 32.2. The summed E-state index contributed by atoms with van der Waals surface area (Å²) < 4.78 is 0. The number of nitrogens with one attached hydrogen (secondary N) is 2. The van der Waals surface area contributed by atoms with Crippen molar-refractivity contribution in [3.8, 4) is 0 Å². The normalized spacial score (nSPS) is 17.2. The number of nitro benzene ring substituents is 2. The molecule has 164 valence electrons. The molecule has 0 spiro atoms. The summed E-state index contributed by atoms with van der Waals surface area (Å²) in [5.41, 5.74) is 1.36. The molecule has 2 N–H and O–H groups in total. The van der Waals surface area contributed by atoms with Gasteiger partial charge < -0.3 is 10.6 Å². The number of nitrogens with zero attached hydrogens (tertiary/aromatic N) is 4. The molecule has 1 atom stereocenters. The van der Waals surface area contributed by atoms with Gasteiger partial charge in [0.2, 0.25) is 11.8 Å². The number of hydrogen-bond acceptors (Lipinski definition) is 9. The SMILES string of the molecule is C/C(=N\N=C1/NC(=O)C(CC(=O)Nc2ccc([N+](=O)[O-])cc2)S1)c1ccc([N+](=O)[O-])cc1. The second kappa shape index (κ2) is 9.78. The summed E-state index contributed by atoms with van der Waals surface area (Å²) in [6.07, 6.45) is -0.127. The largest absolute Gasteiger partial charge is 0.326 e. The van der Waals surface area contributed by atoms with Crippen LogP contribution in [0.1, 0.15) is 18.9 Å². The fraction of sp³-hybridized carbons (Fsp3) is 0.158. The molecule has 0 saturated carbocycles. The average molecular weight is 456 g/mol. The molecule has 1 heterocycles. The van der Waals surface area contributed by atoms with E-state index in [2.05, 4.69) is 20.8 Å². The lowest BCUT2D eigenvalue weighted by Crippen LogP contribution is -2.28. The molecule has 2 amide bonds. The maximum Gasteiger partial charge on any atom is 0.269 e. The standard InChI is InChI=1S/C19H16N6O6S/c1-11(12-2-6-14(7-3-12)24(28)29)22-23-19-21-18(27)16(32-19)10-17(26)20-13-4-8-15(9-5-13)25(30)31/h2-9,16H,10H2,1H3,(H,20,26)(H,21,23,27)/b22-11+. The summed E-state index contributed by atoms with van der Waals surface area (Å²) in [4.78, 5) is 44.7. The van der Waals surface area contributed by atoms with E-state index in [9.17, 15) is 29.8 Å². The average Bonchev–Trinajstić information content (AvgIpc) is 3.11. The van der Waals surface area contributed by atoms with Gasteiger partial charge in [0.25, 0.3) is 11.4 Å². The highest BCUT2D eigenvalue weighted by molar-refractivity contribution is 8.15. The molecule has 1 aliphatic heterocycles. The predicted molar refractivity (Wildman–Crippen MR) is 119 cm³/mol. The molecule has 12 nitrogen and oxygen atoms in total. The molecule has 1 unspecified atom stereocenters. The molecule has 0 aliphatic carbocycles. The van der Waals surface area contributed by atoms with Crippen LogP contribution in [0.15, 0.2) is 58.7 Å². The van der Waals surface area contributed by atoms with Crippen LogP contribution in [0.4, 0.5) is 17.1 Å². The van der Waals surface area contributed by atoms with Crippen LogP contribution in [0.2, 0.25) is 0 Å². The third-order valence-electron chi connectivity index (χ3n) is 4.30. The Bertz CT molecular complexity index is 1130. The fourth-order valence-corrected chi connectivity index (χ4v) is 3.55. The van der Waals surface area contributed by atoms with Gasteiger partial charge >= 0.3 is 0 Å². The molecule has 0 bridgehead atoms. The summed E-state index contributed by atoms with van der Waals surface area (Å²) in [5.74, 6) is -0.825. The molecule has 32 heavy (non-hydrogen) atoms. The smallest absolute Gasteiger partial charge is 0.269 e. The first-order chi connectivity index (χ1) is 15.2. The fourth-order valence-electron chi connectivity index (χ4n) is 2.64. The Hall–Kier alpha value is -4.13. The maximum atomic E-state index is 12.2. The van der Waals surface area contributed by atoms with Crippen molar-refractivity contribution < 1.29 is 19.4 Å². The zero-order valence-electron chi connectivity index (χ0n) is 16.5. The number of non-ortho nitro benzene ring substituents is 2. The van der Waals surface area contributed by atoms with Crippen molar-refractivity contribution >= 4 is 51.5 Å². The van der Waals surface area contributed by atoms with E-state index in [1.807, 2.05) is 0 Å². The summed E-state index contributed by atoms with van der Waals surface area (Å²) in [7, 11) is 0. The third kappa shape index (κ3) is 5.72. The van der Waals surface area contributed by atoms with Gasteiger partial charge in [0.15, 0.2) is 5.17 Å². The van der Waals surface area contributed by atoms with Gasteiger partial charge in [-0.3, -0.25) is 29.8 Å². The Morgan fingerprint density at radius 1 is 1.06 bits per heavy atom. The maximum absolute atomic E-state index is 12.2. The van der Waals surface area contributed by atoms with Crippen molar-refractivity contribution in [1.29, 1.82) is 0 Å². The first kappa shape index (κ1) is 22.6. The van der Waals surface area contributed by atoms with Crippen LogP contribution in [0, 0.1) is 20.2 Å². The number of thioether (sulfide) groups is 1. The van der Waals surface area contributed by atoms with Crippen molar-refractivity contribution in [3.63, 3.8) is 0 Å². The van der Waals surface area contributed by atoms with Crippen LogP contribution in [0.3, 0.4) is 0 Å². The highest BCUT2D eigenvalue weighted by Crippen LogP contribution is 2.24. The number of amides is 2. The Labute approximate surface area is 185 Å². The van der Waals surface area contributed by atoms with Gasteiger partial charge in [-0.25, -0.2) is 0 Å². The van der Waals surface area contributed by atoms with Crippen molar-refractivity contribution in [2.45, 2.75) is 18.6 Å². The van der Waals surface area contributed by atoms with E-state index in [0.717, 1.165) is 11.8 Å². The molecule has 2 aromatic rings. The summed E-state index contributed by atoms with van der Waals surface area (Å²) in [5, 5.41) is 34.1. The van der Waals surface area contributed by atoms with E-state index in [1.165, 1.54) is 36.4 Å². The minimum atomic E-state index is -0.707. The van der Waals surface area contributed by atoms with Gasteiger partial charge in [0.05, 0.1) is 15.6 Å². The zero-order chi connectivity index (χ0) is 23.3. The Morgan fingerprint density at radius 3 is 2.19 bits per heavy atom. The monoisotopic (exact) mass is 456 g/mol. The number of anilines is 1. The number of hydrogen-bond donors (Lipinski definition) is 2. The minimum absolute atomic E-state index is 0.0404. The van der Waals surface area contributed by atoms with Gasteiger partial charge in [-0.05, 0) is 36.8 Å². The van der Waals surface area contributed by atoms with E-state index >= 15 is 0 Å². The van der Waals surface area contributed by atoms with E-state index in [1.54, 1.807) is 19.1 Å². The molecule has 2 aromatic carbocycles. The van der Waals surface area contributed by atoms with E-state index < -0.39 is 26.9 Å². The van der Waals surface area contributed by atoms with Crippen molar-refractivity contribution in [1.82, 2.24) is 5.32 Å². The minimum Gasteiger partial charge on any atom is -0.326 e. The third-order valence-corrected chi connectivity index (χ3v) is 5.37. The van der Waals surface area contributed by atoms with Crippen molar-refractivity contribution in [2.75, 3.05) is 5.32 Å². The lowest BCUT2D eigenvalue weighted by atomic mass is 10.1. The van der Waals surface area contributed by atoms with Gasteiger partial charge in [0, 0.05) is 36.4 Å². The molecule has 1 fully saturated rings. The zero-order valence-corrected chi connectivity index (χ0v) is 17.4. The number of nitro groups is 2. The molecule has 3 rings (SSSR count). The van der Waals surface area contributed by atoms with E-state index in [-0.39, 0.29) is 23.0 Å². The number of carbonyl (C=O) groups is 2. The molecular formula is C19H16N6O6S. The number of amidine groups is 1. The Morgan fingerprint density at radius 2 is 1.62 bits per heavy atom. The molecule has 13 heteroatoms. The summed E-state index contributed by atoms with van der Waals surface area (Å²) in [6.45, 7) is 1.67. The first-order valence-corrected chi connectivity index (χ1v) is 10.00. The quantitative estimate of drug-likeness (QED) is 0.366. The molecule has 0 radical (unpaired) electrons. The van der Waals surface area contributed by atoms with E-state index in [0.29, 0.717) is 17.0 Å². The summed E-state index contributed by atoms with van der Waals surface area (Å²) in [6, 6.07) is 11.1. The van der Waals surface area contributed by atoms with Gasteiger partial charge in [0.1, 0.15) is 5.25 Å². The van der Waals surface area contributed by atoms with E-state index in [4.69, 9.17) is 0 Å². The second-order valence-electron chi connectivity index (χ2n) is 6.55. The van der Waals surface area contributed by atoms with Crippen molar-refractivity contribution in [2.24, 2.45) is 10.2 Å². The molecular weight excluding hydrogens is 440 g/mol. The summed E-state index contributed by atoms with van der Waals surface area (Å²) >= 11 is 1.05. The van der Waals surface area contributed by atoms with Gasteiger partial charge in [-0.1, -0.05) is 11.8 Å². The Balaban J connectivity index is 1.58. The Kier molecular flexibility index (Phi) is 6.90. The number of benzene rings is 2. The number of carbonyl (C=O) groups excluding carboxylic acids is 2. The van der Waals surface area contributed by atoms with Crippen LogP contribution in [0.25, 0.3) is 0 Å². The highest BCUT2D eigenvalue weighted by Gasteiger charge is 2.32. The van der Waals surface area contributed by atoms with Crippen LogP contribution < -0.4 is 10.6 Å². The number of rotatable bonds is 7. The van der Waals surface area contributed by atoms with Gasteiger partial charge in [-0.2, -0.15) is 5.10 Å². The van der Waals surface area contributed by atoms with Crippen LogP contribution in [-0.4, -0.2) is 37.8 Å². The molecule has 0 aromatic heterocycles. The second-order valence-corrected chi connectivity index (χ2v) is 7.74. The van der Waals surface area contributed by atoms with Crippen molar-refractivity contribution in [3.05, 3.63) is 74.3 Å². The van der Waals surface area contributed by atoms with Crippen LogP contribution >= 0.6 is 11.8 Å². The van der Waals surface area contributed by atoms with Crippen LogP contribution in [0.5, 0.6) is 0 Å². The topological polar surface area (TPSA) is 169 Å².